The minimum absolute atomic E-state index is 0.104. The van der Waals surface area contributed by atoms with Crippen LogP contribution in [0.2, 0.25) is 0 Å². The summed E-state index contributed by atoms with van der Waals surface area (Å²) in [6, 6.07) is 10.1. The Morgan fingerprint density at radius 2 is 1.61 bits per heavy atom. The Labute approximate surface area is 164 Å². The third-order valence-corrected chi connectivity index (χ3v) is 5.19. The standard InChI is InChI=1S/C17H25Br3O3/c1-2-15(10-19)22-17(23-16(11-20)8-9-18)13-21-12-14-6-4-3-5-7-14/h3-7,15-17H,2,8-13H2,1H3. The molecular weight excluding hydrogens is 492 g/mol. The van der Waals surface area contributed by atoms with E-state index >= 15 is 0 Å². The van der Waals surface area contributed by atoms with Crippen molar-refractivity contribution in [3.05, 3.63) is 35.9 Å². The monoisotopic (exact) mass is 514 g/mol. The molecule has 0 heterocycles. The van der Waals surface area contributed by atoms with Crippen LogP contribution in [0.5, 0.6) is 0 Å². The summed E-state index contributed by atoms with van der Waals surface area (Å²) in [5, 5.41) is 2.47. The van der Waals surface area contributed by atoms with Gasteiger partial charge in [-0.05, 0) is 18.4 Å². The molecule has 0 fully saturated rings. The number of halogens is 3. The van der Waals surface area contributed by atoms with Gasteiger partial charge in [-0.1, -0.05) is 85.0 Å². The minimum Gasteiger partial charge on any atom is -0.371 e. The van der Waals surface area contributed by atoms with Gasteiger partial charge in [-0.2, -0.15) is 0 Å². The predicted molar refractivity (Wildman–Crippen MR) is 106 cm³/mol. The Balaban J connectivity index is 2.51. The van der Waals surface area contributed by atoms with Crippen molar-refractivity contribution in [2.75, 3.05) is 22.6 Å². The van der Waals surface area contributed by atoms with Gasteiger partial charge in [0.15, 0.2) is 6.29 Å². The summed E-state index contributed by atoms with van der Waals surface area (Å²) in [6.45, 7) is 3.09. The highest BCUT2D eigenvalue weighted by Gasteiger charge is 2.20. The number of rotatable bonds is 13. The number of alkyl halides is 3. The van der Waals surface area contributed by atoms with Crippen molar-refractivity contribution in [3.63, 3.8) is 0 Å². The summed E-state index contributed by atoms with van der Waals surface area (Å²) in [7, 11) is 0. The molecule has 1 rings (SSSR count). The van der Waals surface area contributed by atoms with E-state index in [0.717, 1.165) is 34.4 Å². The third-order valence-electron chi connectivity index (χ3n) is 3.28. The molecule has 0 amide bonds. The summed E-state index contributed by atoms with van der Waals surface area (Å²) in [4.78, 5) is 0. The molecule has 0 aromatic heterocycles. The highest BCUT2D eigenvalue weighted by molar-refractivity contribution is 9.09. The van der Waals surface area contributed by atoms with Crippen molar-refractivity contribution in [3.8, 4) is 0 Å². The van der Waals surface area contributed by atoms with Crippen molar-refractivity contribution >= 4 is 47.8 Å². The SMILES string of the molecule is CCC(CBr)OC(COCc1ccccc1)OC(CBr)CCBr. The van der Waals surface area contributed by atoms with Crippen LogP contribution in [-0.2, 0) is 20.8 Å². The molecule has 0 N–H and O–H groups in total. The summed E-state index contributed by atoms with van der Waals surface area (Å²) in [6.07, 6.45) is 1.73. The molecule has 1 aromatic rings. The van der Waals surface area contributed by atoms with Gasteiger partial charge in [-0.25, -0.2) is 0 Å². The third kappa shape index (κ3) is 9.56. The Hall–Kier alpha value is 0.540. The zero-order valence-electron chi connectivity index (χ0n) is 13.4. The minimum atomic E-state index is -0.359. The zero-order valence-corrected chi connectivity index (χ0v) is 18.2. The lowest BCUT2D eigenvalue weighted by Gasteiger charge is -2.27. The summed E-state index contributed by atoms with van der Waals surface area (Å²) in [5.41, 5.74) is 1.15. The van der Waals surface area contributed by atoms with Gasteiger partial charge in [0.05, 0.1) is 25.4 Å². The lowest BCUT2D eigenvalue weighted by molar-refractivity contribution is -0.210. The van der Waals surface area contributed by atoms with E-state index in [9.17, 15) is 0 Å². The fourth-order valence-electron chi connectivity index (χ4n) is 1.93. The van der Waals surface area contributed by atoms with Gasteiger partial charge in [0.2, 0.25) is 0 Å². The lowest BCUT2D eigenvalue weighted by atomic mass is 10.2. The van der Waals surface area contributed by atoms with E-state index in [1.807, 2.05) is 18.2 Å². The van der Waals surface area contributed by atoms with Crippen LogP contribution in [0.15, 0.2) is 30.3 Å². The van der Waals surface area contributed by atoms with Crippen molar-refractivity contribution in [2.45, 2.75) is 44.9 Å². The van der Waals surface area contributed by atoms with E-state index in [0.29, 0.717) is 13.2 Å². The van der Waals surface area contributed by atoms with Gasteiger partial charge < -0.3 is 14.2 Å². The summed E-state index contributed by atoms with van der Waals surface area (Å²) in [5.74, 6) is 0. The van der Waals surface area contributed by atoms with E-state index in [-0.39, 0.29) is 18.5 Å². The van der Waals surface area contributed by atoms with Gasteiger partial charge >= 0.3 is 0 Å². The molecule has 0 aliphatic heterocycles. The molecular formula is C17H25Br3O3. The zero-order chi connectivity index (χ0) is 16.9. The molecule has 6 heteroatoms. The van der Waals surface area contributed by atoms with Crippen LogP contribution < -0.4 is 0 Å². The summed E-state index contributed by atoms with van der Waals surface area (Å²) >= 11 is 10.4. The second-order valence-corrected chi connectivity index (χ2v) is 7.23. The Morgan fingerprint density at radius 1 is 0.957 bits per heavy atom. The fourth-order valence-corrected chi connectivity index (χ4v) is 3.53. The molecule has 0 aliphatic carbocycles. The van der Waals surface area contributed by atoms with E-state index in [1.54, 1.807) is 0 Å². The normalized spacial score (nSPS) is 15.3. The van der Waals surface area contributed by atoms with Crippen molar-refractivity contribution in [1.82, 2.24) is 0 Å². The number of hydrogen-bond donors (Lipinski definition) is 0. The lowest BCUT2D eigenvalue weighted by Crippen LogP contribution is -2.34. The van der Waals surface area contributed by atoms with E-state index in [1.165, 1.54) is 0 Å². The first-order valence-electron chi connectivity index (χ1n) is 7.83. The van der Waals surface area contributed by atoms with E-state index in [4.69, 9.17) is 14.2 Å². The largest absolute Gasteiger partial charge is 0.371 e. The molecule has 0 spiro atoms. The van der Waals surface area contributed by atoms with Gasteiger partial charge in [0, 0.05) is 16.0 Å². The maximum atomic E-state index is 6.07. The quantitative estimate of drug-likeness (QED) is 0.263. The molecule has 132 valence electrons. The first-order chi connectivity index (χ1) is 11.2. The highest BCUT2D eigenvalue weighted by Crippen LogP contribution is 2.14. The van der Waals surface area contributed by atoms with Gasteiger partial charge in [-0.3, -0.25) is 0 Å². The Bertz CT molecular complexity index is 388. The van der Waals surface area contributed by atoms with Crippen LogP contribution in [0.4, 0.5) is 0 Å². The molecule has 0 saturated heterocycles. The maximum Gasteiger partial charge on any atom is 0.181 e. The number of hydrogen-bond acceptors (Lipinski definition) is 3. The molecule has 1 aromatic carbocycles. The van der Waals surface area contributed by atoms with Crippen LogP contribution in [0.25, 0.3) is 0 Å². The molecule has 3 nitrogen and oxygen atoms in total. The predicted octanol–water partition coefficient (Wildman–Crippen LogP) is 5.28. The average Bonchev–Trinajstić information content (AvgIpc) is 2.59. The van der Waals surface area contributed by atoms with Crippen molar-refractivity contribution in [2.24, 2.45) is 0 Å². The van der Waals surface area contributed by atoms with E-state index < -0.39 is 0 Å². The van der Waals surface area contributed by atoms with E-state index in [2.05, 4.69) is 66.8 Å². The van der Waals surface area contributed by atoms with Crippen LogP contribution in [-0.4, -0.2) is 41.1 Å². The smallest absolute Gasteiger partial charge is 0.181 e. The number of benzene rings is 1. The van der Waals surface area contributed by atoms with Crippen LogP contribution in [0.1, 0.15) is 25.3 Å². The molecule has 3 unspecified atom stereocenters. The molecule has 23 heavy (non-hydrogen) atoms. The van der Waals surface area contributed by atoms with Crippen molar-refractivity contribution < 1.29 is 14.2 Å². The molecule has 0 aliphatic rings. The fraction of sp³-hybridized carbons (Fsp3) is 0.647. The van der Waals surface area contributed by atoms with Gasteiger partial charge in [0.1, 0.15) is 0 Å². The average molecular weight is 517 g/mol. The van der Waals surface area contributed by atoms with Gasteiger partial charge in [0.25, 0.3) is 0 Å². The van der Waals surface area contributed by atoms with Gasteiger partial charge in [-0.15, -0.1) is 0 Å². The van der Waals surface area contributed by atoms with Crippen molar-refractivity contribution in [1.29, 1.82) is 0 Å². The second kappa shape index (κ2) is 13.8. The highest BCUT2D eigenvalue weighted by atomic mass is 79.9. The maximum absolute atomic E-state index is 6.07. The molecule has 3 atom stereocenters. The topological polar surface area (TPSA) is 27.7 Å². The summed E-state index contributed by atoms with van der Waals surface area (Å²) < 4.78 is 17.9. The molecule has 0 bridgehead atoms. The van der Waals surface area contributed by atoms with Crippen LogP contribution in [0, 0.1) is 0 Å². The Kier molecular flexibility index (Phi) is 12.9. The van der Waals surface area contributed by atoms with Crippen LogP contribution in [0.3, 0.4) is 0 Å². The first-order valence-corrected chi connectivity index (χ1v) is 11.2. The first kappa shape index (κ1) is 21.6. The second-order valence-electron chi connectivity index (χ2n) is 5.14. The molecule has 0 radical (unpaired) electrons. The molecule has 0 saturated carbocycles. The number of ether oxygens (including phenoxy) is 3. The van der Waals surface area contributed by atoms with Crippen LogP contribution >= 0.6 is 47.8 Å². The Morgan fingerprint density at radius 3 is 2.17 bits per heavy atom.